The fraction of sp³-hybridized carbons (Fsp3) is 1.00. The van der Waals surface area contributed by atoms with Crippen LogP contribution in [0.3, 0.4) is 0 Å². The van der Waals surface area contributed by atoms with Crippen LogP contribution in [0.2, 0.25) is 0 Å². The Morgan fingerprint density at radius 2 is 1.53 bits per heavy atom. The molecular weight excluding hydrogens is 232 g/mol. The molecule has 0 aromatic carbocycles. The fourth-order valence-corrected chi connectivity index (χ4v) is 4.27. The topological polar surface area (TPSA) is 24.1 Å². The number of nitrogens with one attached hydrogen (secondary N) is 2. The minimum absolute atomic E-state index is 0.430. The summed E-state index contributed by atoms with van der Waals surface area (Å²) in [6.07, 6.45) is 8.27. The molecule has 0 aromatic rings. The maximum absolute atomic E-state index is 3.72. The van der Waals surface area contributed by atoms with Crippen molar-refractivity contribution in [2.45, 2.75) is 71.8 Å². The highest BCUT2D eigenvalue weighted by Crippen LogP contribution is 2.67. The van der Waals surface area contributed by atoms with Gasteiger partial charge >= 0.3 is 0 Å². The number of hydrogen-bond donors (Lipinski definition) is 2. The van der Waals surface area contributed by atoms with Gasteiger partial charge in [-0.15, -0.1) is 0 Å². The van der Waals surface area contributed by atoms with Crippen molar-refractivity contribution in [2.75, 3.05) is 20.1 Å². The van der Waals surface area contributed by atoms with E-state index in [1.54, 1.807) is 0 Å². The molecule has 19 heavy (non-hydrogen) atoms. The first-order chi connectivity index (χ1) is 8.86. The van der Waals surface area contributed by atoms with Crippen LogP contribution in [-0.2, 0) is 0 Å². The van der Waals surface area contributed by atoms with Crippen LogP contribution in [-0.4, -0.2) is 25.7 Å². The van der Waals surface area contributed by atoms with Gasteiger partial charge < -0.3 is 10.6 Å². The zero-order chi connectivity index (χ0) is 14.1. The number of rotatable bonds is 6. The summed E-state index contributed by atoms with van der Waals surface area (Å²) in [7, 11) is 2.15. The Kier molecular flexibility index (Phi) is 4.32. The van der Waals surface area contributed by atoms with Gasteiger partial charge in [-0.05, 0) is 56.1 Å². The third kappa shape index (κ3) is 2.85. The largest absolute Gasteiger partial charge is 0.316 e. The van der Waals surface area contributed by atoms with E-state index in [9.17, 15) is 0 Å². The summed E-state index contributed by atoms with van der Waals surface area (Å²) in [6, 6.07) is 0. The van der Waals surface area contributed by atoms with Gasteiger partial charge in [0, 0.05) is 5.54 Å². The van der Waals surface area contributed by atoms with Crippen molar-refractivity contribution in [1.29, 1.82) is 0 Å². The first-order valence-electron chi connectivity index (χ1n) is 8.25. The standard InChI is InChI=1S/C17H34N2/c1-15(2)14(16(15,3)4)13-19-12-11-17(18-5)9-7-6-8-10-17/h14,18-19H,6-13H2,1-5H3. The zero-order valence-electron chi connectivity index (χ0n) is 13.7. The Balaban J connectivity index is 1.70. The quantitative estimate of drug-likeness (QED) is 0.718. The van der Waals surface area contributed by atoms with E-state index in [1.165, 1.54) is 51.6 Å². The van der Waals surface area contributed by atoms with Crippen LogP contribution in [0, 0.1) is 16.7 Å². The van der Waals surface area contributed by atoms with Crippen LogP contribution < -0.4 is 10.6 Å². The molecule has 2 aliphatic carbocycles. The van der Waals surface area contributed by atoms with Crippen molar-refractivity contribution < 1.29 is 0 Å². The summed E-state index contributed by atoms with van der Waals surface area (Å²) in [6.45, 7) is 12.0. The summed E-state index contributed by atoms with van der Waals surface area (Å²) in [5.74, 6) is 0.844. The van der Waals surface area contributed by atoms with Crippen molar-refractivity contribution >= 4 is 0 Å². The van der Waals surface area contributed by atoms with Crippen molar-refractivity contribution in [1.82, 2.24) is 10.6 Å². The average Bonchev–Trinajstić information content (AvgIpc) is 2.77. The highest BCUT2D eigenvalue weighted by atomic mass is 15.0. The smallest absolute Gasteiger partial charge is 0.0190 e. The second kappa shape index (κ2) is 5.37. The van der Waals surface area contributed by atoms with Crippen molar-refractivity contribution in [3.63, 3.8) is 0 Å². The highest BCUT2D eigenvalue weighted by Gasteiger charge is 2.63. The maximum Gasteiger partial charge on any atom is 0.0190 e. The molecule has 2 heteroatoms. The van der Waals surface area contributed by atoms with Gasteiger partial charge in [-0.25, -0.2) is 0 Å². The number of hydrogen-bond acceptors (Lipinski definition) is 2. The predicted molar refractivity (Wildman–Crippen MR) is 83.4 cm³/mol. The monoisotopic (exact) mass is 266 g/mol. The van der Waals surface area contributed by atoms with Crippen LogP contribution >= 0.6 is 0 Å². The molecule has 2 saturated carbocycles. The molecule has 2 fully saturated rings. The Hall–Kier alpha value is -0.0800. The molecule has 0 spiro atoms. The third-order valence-electron chi connectivity index (χ3n) is 6.79. The van der Waals surface area contributed by atoms with Crippen LogP contribution in [0.5, 0.6) is 0 Å². The van der Waals surface area contributed by atoms with Gasteiger partial charge in [0.25, 0.3) is 0 Å². The van der Waals surface area contributed by atoms with Gasteiger partial charge in [0.15, 0.2) is 0 Å². The summed E-state index contributed by atoms with van der Waals surface area (Å²) >= 11 is 0. The Labute approximate surface area is 120 Å². The van der Waals surface area contributed by atoms with E-state index in [0.717, 1.165) is 5.92 Å². The molecule has 0 aromatic heterocycles. The van der Waals surface area contributed by atoms with E-state index in [0.29, 0.717) is 16.4 Å². The lowest BCUT2D eigenvalue weighted by molar-refractivity contribution is 0.227. The SMILES string of the molecule is CNC1(CCNCC2C(C)(C)C2(C)C)CCCCC1. The first kappa shape index (κ1) is 15.3. The molecule has 2 rings (SSSR count). The molecule has 0 saturated heterocycles. The van der Waals surface area contributed by atoms with Gasteiger partial charge in [-0.3, -0.25) is 0 Å². The van der Waals surface area contributed by atoms with E-state index >= 15 is 0 Å². The molecule has 0 heterocycles. The van der Waals surface area contributed by atoms with E-state index in [-0.39, 0.29) is 0 Å². The van der Waals surface area contributed by atoms with Crippen LogP contribution in [0.25, 0.3) is 0 Å². The van der Waals surface area contributed by atoms with Crippen LogP contribution in [0.1, 0.15) is 66.2 Å². The van der Waals surface area contributed by atoms with Crippen molar-refractivity contribution in [2.24, 2.45) is 16.7 Å². The second-order valence-corrected chi connectivity index (χ2v) is 8.04. The average molecular weight is 266 g/mol. The highest BCUT2D eigenvalue weighted by molar-refractivity contribution is 5.12. The van der Waals surface area contributed by atoms with Crippen molar-refractivity contribution in [3.05, 3.63) is 0 Å². The molecule has 0 amide bonds. The fourth-order valence-electron chi connectivity index (χ4n) is 4.27. The maximum atomic E-state index is 3.72. The Bertz CT molecular complexity index is 286. The first-order valence-corrected chi connectivity index (χ1v) is 8.25. The van der Waals surface area contributed by atoms with Crippen molar-refractivity contribution in [3.8, 4) is 0 Å². The predicted octanol–water partition coefficient (Wildman–Crippen LogP) is 3.57. The minimum Gasteiger partial charge on any atom is -0.316 e. The van der Waals surface area contributed by atoms with Crippen LogP contribution in [0.15, 0.2) is 0 Å². The Morgan fingerprint density at radius 1 is 0.947 bits per heavy atom. The molecule has 2 N–H and O–H groups in total. The van der Waals surface area contributed by atoms with E-state index in [1.807, 2.05) is 0 Å². The molecule has 0 aliphatic heterocycles. The molecular formula is C17H34N2. The summed E-state index contributed by atoms with van der Waals surface area (Å²) < 4.78 is 0. The van der Waals surface area contributed by atoms with Gasteiger partial charge in [0.1, 0.15) is 0 Å². The van der Waals surface area contributed by atoms with Gasteiger partial charge in [-0.2, -0.15) is 0 Å². The summed E-state index contributed by atoms with van der Waals surface area (Å²) in [5, 5.41) is 7.34. The molecule has 2 nitrogen and oxygen atoms in total. The zero-order valence-corrected chi connectivity index (χ0v) is 13.7. The molecule has 0 radical (unpaired) electrons. The summed E-state index contributed by atoms with van der Waals surface area (Å²) in [5.41, 5.74) is 1.47. The summed E-state index contributed by atoms with van der Waals surface area (Å²) in [4.78, 5) is 0. The second-order valence-electron chi connectivity index (χ2n) is 8.04. The lowest BCUT2D eigenvalue weighted by Gasteiger charge is -2.37. The molecule has 0 bridgehead atoms. The van der Waals surface area contributed by atoms with E-state index in [2.05, 4.69) is 45.4 Å². The van der Waals surface area contributed by atoms with Gasteiger partial charge in [0.2, 0.25) is 0 Å². The lowest BCUT2D eigenvalue weighted by Crippen LogP contribution is -2.46. The Morgan fingerprint density at radius 3 is 2.00 bits per heavy atom. The lowest BCUT2D eigenvalue weighted by atomic mass is 9.79. The molecule has 0 atom stereocenters. The van der Waals surface area contributed by atoms with Gasteiger partial charge in [-0.1, -0.05) is 47.0 Å². The molecule has 2 aliphatic rings. The molecule has 112 valence electrons. The van der Waals surface area contributed by atoms with Gasteiger partial charge in [0.05, 0.1) is 0 Å². The minimum atomic E-state index is 0.430. The molecule has 0 unspecified atom stereocenters. The van der Waals surface area contributed by atoms with Crippen LogP contribution in [0.4, 0.5) is 0 Å². The normalized spacial score (nSPS) is 28.3. The van der Waals surface area contributed by atoms with E-state index < -0.39 is 0 Å². The van der Waals surface area contributed by atoms with E-state index in [4.69, 9.17) is 0 Å². The third-order valence-corrected chi connectivity index (χ3v) is 6.79.